The number of hydrogen-bond acceptors (Lipinski definition) is 3. The molecule has 0 saturated carbocycles. The fourth-order valence-corrected chi connectivity index (χ4v) is 2.39. The molecule has 142 valence electrons. The molecule has 1 heterocycles. The lowest BCUT2D eigenvalue weighted by molar-refractivity contribution is -0.253. The second-order valence-corrected chi connectivity index (χ2v) is 5.24. The van der Waals surface area contributed by atoms with Gasteiger partial charge in [-0.2, -0.15) is 22.7 Å². The molecule has 1 aromatic carbocycles. The molecule has 1 amide bonds. The number of aromatic nitrogens is 2. The van der Waals surface area contributed by atoms with Crippen molar-refractivity contribution in [1.82, 2.24) is 9.78 Å². The Morgan fingerprint density at radius 2 is 1.88 bits per heavy atom. The average molecular weight is 381 g/mol. The number of amides is 1. The number of nitrogens with two attached hydrogens (primary N) is 1. The van der Waals surface area contributed by atoms with Gasteiger partial charge in [-0.3, -0.25) is 9.48 Å². The predicted octanol–water partition coefficient (Wildman–Crippen LogP) is 3.29. The van der Waals surface area contributed by atoms with Crippen LogP contribution in [0.3, 0.4) is 0 Å². The Labute approximate surface area is 143 Å². The number of ether oxygens (including phenoxy) is 1. The minimum absolute atomic E-state index is 0.167. The minimum Gasteiger partial charge on any atom is -0.428 e. The van der Waals surface area contributed by atoms with Crippen molar-refractivity contribution in [3.8, 4) is 17.0 Å². The van der Waals surface area contributed by atoms with E-state index in [1.165, 1.54) is 25.2 Å². The Hall–Kier alpha value is -2.72. The lowest BCUT2D eigenvalue weighted by Gasteiger charge is -2.19. The quantitative estimate of drug-likeness (QED) is 0.749. The fraction of sp³-hybridized carbons (Fsp3) is 0.333. The van der Waals surface area contributed by atoms with Crippen molar-refractivity contribution < 1.29 is 35.9 Å². The molecule has 0 saturated heterocycles. The molecule has 0 aliphatic carbocycles. The van der Waals surface area contributed by atoms with Crippen molar-refractivity contribution in [2.45, 2.75) is 25.4 Å². The topological polar surface area (TPSA) is 70.1 Å². The van der Waals surface area contributed by atoms with E-state index in [9.17, 15) is 31.1 Å². The molecule has 2 aromatic rings. The van der Waals surface area contributed by atoms with Gasteiger partial charge in [-0.25, -0.2) is 8.78 Å². The highest BCUT2D eigenvalue weighted by Crippen LogP contribution is 2.39. The normalized spacial score (nSPS) is 12.0. The Balaban J connectivity index is 2.64. The number of para-hydroxylation sites is 1. The highest BCUT2D eigenvalue weighted by molar-refractivity contribution is 5.81. The number of hydrogen-bond donors (Lipinski definition) is 1. The molecule has 0 unspecified atom stereocenters. The second-order valence-electron chi connectivity index (χ2n) is 5.24. The number of carbonyl (C=O) groups is 1. The van der Waals surface area contributed by atoms with Gasteiger partial charge >= 0.3 is 12.5 Å². The third kappa shape index (κ3) is 3.92. The number of alkyl halides is 6. The monoisotopic (exact) mass is 381 g/mol. The molecule has 2 N–H and O–H groups in total. The first-order chi connectivity index (χ1) is 12.0. The summed E-state index contributed by atoms with van der Waals surface area (Å²) in [5, 5.41) is 3.58. The molecule has 0 fully saturated rings. The zero-order chi connectivity index (χ0) is 19.6. The van der Waals surface area contributed by atoms with E-state index < -0.39 is 42.7 Å². The van der Waals surface area contributed by atoms with Gasteiger partial charge in [0.05, 0.1) is 12.1 Å². The second kappa shape index (κ2) is 7.26. The van der Waals surface area contributed by atoms with Crippen LogP contribution in [-0.2, 0) is 18.3 Å². The van der Waals surface area contributed by atoms with Gasteiger partial charge in [0, 0.05) is 18.2 Å². The molecular formula is C15H13F6N3O2. The maximum atomic E-state index is 13.3. The van der Waals surface area contributed by atoms with E-state index in [-0.39, 0.29) is 16.8 Å². The number of aryl methyl sites for hydroxylation is 1. The first-order valence-electron chi connectivity index (χ1n) is 7.11. The van der Waals surface area contributed by atoms with Crippen molar-refractivity contribution in [2.75, 3.05) is 0 Å². The van der Waals surface area contributed by atoms with E-state index in [0.717, 1.165) is 10.7 Å². The third-order valence-electron chi connectivity index (χ3n) is 3.38. The van der Waals surface area contributed by atoms with Crippen LogP contribution in [0.2, 0.25) is 0 Å². The van der Waals surface area contributed by atoms with Crippen LogP contribution in [0.25, 0.3) is 11.3 Å². The van der Waals surface area contributed by atoms with Crippen molar-refractivity contribution in [3.63, 3.8) is 0 Å². The van der Waals surface area contributed by atoms with Crippen LogP contribution in [0.15, 0.2) is 24.3 Å². The number of halogens is 6. The summed E-state index contributed by atoms with van der Waals surface area (Å²) in [6, 6.07) is 4.74. The maximum Gasteiger partial charge on any atom is 0.461 e. The van der Waals surface area contributed by atoms with Crippen LogP contribution >= 0.6 is 0 Å². The van der Waals surface area contributed by atoms with Crippen LogP contribution in [0.5, 0.6) is 5.75 Å². The Morgan fingerprint density at radius 3 is 2.42 bits per heavy atom. The van der Waals surface area contributed by atoms with Gasteiger partial charge in [-0.05, 0) is 12.1 Å². The number of carbonyl (C=O) groups excluding carboxylic acids is 1. The lowest BCUT2D eigenvalue weighted by atomic mass is 10.0. The molecule has 0 aliphatic rings. The molecule has 0 spiro atoms. The largest absolute Gasteiger partial charge is 0.461 e. The summed E-state index contributed by atoms with van der Waals surface area (Å²) < 4.78 is 82.8. The van der Waals surface area contributed by atoms with Crippen LogP contribution in [0.4, 0.5) is 26.3 Å². The van der Waals surface area contributed by atoms with E-state index in [1.807, 2.05) is 0 Å². The standard InChI is InChI=1S/C15H13F6N3O2/c1-24-12(8(6-10(22)25)11(23-24)13(16)17)7-4-2-3-5-9(7)26-15(20,21)14(18)19/h2-5,13-14H,6H2,1H3,(H2,22,25). The molecule has 2 rings (SSSR count). The van der Waals surface area contributed by atoms with Crippen LogP contribution in [0, 0.1) is 0 Å². The SMILES string of the molecule is Cn1nc(C(F)F)c(CC(N)=O)c1-c1ccccc1OC(F)(F)C(F)F. The highest BCUT2D eigenvalue weighted by atomic mass is 19.3. The summed E-state index contributed by atoms with van der Waals surface area (Å²) in [4.78, 5) is 11.2. The zero-order valence-electron chi connectivity index (χ0n) is 13.2. The van der Waals surface area contributed by atoms with Gasteiger partial charge in [-0.15, -0.1) is 0 Å². The predicted molar refractivity (Wildman–Crippen MR) is 78.1 cm³/mol. The van der Waals surface area contributed by atoms with Crippen LogP contribution < -0.4 is 10.5 Å². The molecule has 5 nitrogen and oxygen atoms in total. The molecule has 11 heteroatoms. The Kier molecular flexibility index (Phi) is 5.47. The lowest BCUT2D eigenvalue weighted by Crippen LogP contribution is -2.33. The number of primary amides is 1. The van der Waals surface area contributed by atoms with E-state index in [0.29, 0.717) is 0 Å². The summed E-state index contributed by atoms with van der Waals surface area (Å²) in [6.07, 6.45) is -12.6. The molecule has 1 aromatic heterocycles. The van der Waals surface area contributed by atoms with Crippen molar-refractivity contribution in [3.05, 3.63) is 35.5 Å². The summed E-state index contributed by atoms with van der Waals surface area (Å²) in [5.41, 5.74) is 3.61. The van der Waals surface area contributed by atoms with Crippen molar-refractivity contribution in [2.24, 2.45) is 12.8 Å². The summed E-state index contributed by atoms with van der Waals surface area (Å²) >= 11 is 0. The first-order valence-corrected chi connectivity index (χ1v) is 7.11. The first kappa shape index (κ1) is 19.6. The van der Waals surface area contributed by atoms with E-state index >= 15 is 0 Å². The van der Waals surface area contributed by atoms with E-state index in [1.54, 1.807) is 0 Å². The molecule has 26 heavy (non-hydrogen) atoms. The summed E-state index contributed by atoms with van der Waals surface area (Å²) in [5.74, 6) is -1.65. The van der Waals surface area contributed by atoms with Gasteiger partial charge in [0.1, 0.15) is 11.4 Å². The van der Waals surface area contributed by atoms with Gasteiger partial charge < -0.3 is 10.5 Å². The molecule has 0 radical (unpaired) electrons. The summed E-state index contributed by atoms with van der Waals surface area (Å²) in [6.45, 7) is 0. The van der Waals surface area contributed by atoms with Crippen molar-refractivity contribution >= 4 is 5.91 Å². The minimum atomic E-state index is -4.80. The average Bonchev–Trinajstić information content (AvgIpc) is 2.83. The molecular weight excluding hydrogens is 368 g/mol. The van der Waals surface area contributed by atoms with Gasteiger partial charge in [0.15, 0.2) is 0 Å². The van der Waals surface area contributed by atoms with Crippen molar-refractivity contribution in [1.29, 1.82) is 0 Å². The maximum absolute atomic E-state index is 13.3. The fourth-order valence-electron chi connectivity index (χ4n) is 2.39. The van der Waals surface area contributed by atoms with Gasteiger partial charge in [-0.1, -0.05) is 12.1 Å². The van der Waals surface area contributed by atoms with E-state index in [4.69, 9.17) is 5.73 Å². The molecule has 0 aliphatic heterocycles. The van der Waals surface area contributed by atoms with Gasteiger partial charge in [0.2, 0.25) is 5.91 Å². The number of rotatable bonds is 7. The molecule has 0 bridgehead atoms. The number of benzene rings is 1. The summed E-state index contributed by atoms with van der Waals surface area (Å²) in [7, 11) is 1.23. The Bertz CT molecular complexity index is 807. The number of nitrogens with zero attached hydrogens (tertiary/aromatic N) is 2. The van der Waals surface area contributed by atoms with Crippen LogP contribution in [-0.4, -0.2) is 28.2 Å². The highest BCUT2D eigenvalue weighted by Gasteiger charge is 2.44. The van der Waals surface area contributed by atoms with E-state index in [2.05, 4.69) is 9.84 Å². The molecule has 0 atom stereocenters. The Morgan fingerprint density at radius 1 is 1.27 bits per heavy atom. The van der Waals surface area contributed by atoms with Crippen LogP contribution in [0.1, 0.15) is 17.7 Å². The smallest absolute Gasteiger partial charge is 0.428 e. The van der Waals surface area contributed by atoms with Gasteiger partial charge in [0.25, 0.3) is 6.43 Å². The third-order valence-corrected chi connectivity index (χ3v) is 3.38. The zero-order valence-corrected chi connectivity index (χ0v) is 13.2.